The quantitative estimate of drug-likeness (QED) is 0.862. The van der Waals surface area contributed by atoms with Gasteiger partial charge in [-0.25, -0.2) is 4.79 Å². The van der Waals surface area contributed by atoms with E-state index in [1.54, 1.807) is 18.0 Å². The summed E-state index contributed by atoms with van der Waals surface area (Å²) in [6.45, 7) is 6.52. The van der Waals surface area contributed by atoms with Crippen molar-refractivity contribution >= 4 is 23.4 Å². The van der Waals surface area contributed by atoms with Crippen LogP contribution in [0.25, 0.3) is 0 Å². The van der Waals surface area contributed by atoms with Gasteiger partial charge in [0.25, 0.3) is 0 Å². The second-order valence-electron chi connectivity index (χ2n) is 7.23. The molecule has 6 heteroatoms. The van der Waals surface area contributed by atoms with Crippen LogP contribution in [-0.4, -0.2) is 36.1 Å². The minimum Gasteiger partial charge on any atom is -0.444 e. The molecule has 1 heterocycles. The number of anilines is 2. The van der Waals surface area contributed by atoms with Crippen LogP contribution in [0.1, 0.15) is 45.6 Å². The lowest BCUT2D eigenvalue weighted by Gasteiger charge is -2.30. The average molecular weight is 333 g/mol. The Morgan fingerprint density at radius 1 is 1.33 bits per heavy atom. The Balaban J connectivity index is 2.21. The van der Waals surface area contributed by atoms with Crippen molar-refractivity contribution in [2.45, 2.75) is 52.2 Å². The molecule has 0 bridgehead atoms. The highest BCUT2D eigenvalue weighted by Gasteiger charge is 2.24. The van der Waals surface area contributed by atoms with E-state index in [9.17, 15) is 9.59 Å². The fourth-order valence-electron chi connectivity index (χ4n) is 2.72. The van der Waals surface area contributed by atoms with Gasteiger partial charge in [0.1, 0.15) is 5.60 Å². The molecule has 2 N–H and O–H groups in total. The fraction of sp³-hybridized carbons (Fsp3) is 0.556. The fourth-order valence-corrected chi connectivity index (χ4v) is 2.72. The molecule has 1 fully saturated rings. The first-order chi connectivity index (χ1) is 11.2. The summed E-state index contributed by atoms with van der Waals surface area (Å²) in [7, 11) is 1.68. The molecule has 1 aliphatic heterocycles. The van der Waals surface area contributed by atoms with Gasteiger partial charge < -0.3 is 20.3 Å². The second-order valence-corrected chi connectivity index (χ2v) is 7.23. The van der Waals surface area contributed by atoms with E-state index in [0.717, 1.165) is 24.1 Å². The van der Waals surface area contributed by atoms with Gasteiger partial charge in [0.2, 0.25) is 5.91 Å². The van der Waals surface area contributed by atoms with E-state index in [1.165, 1.54) is 4.90 Å². The first kappa shape index (κ1) is 18.1. The van der Waals surface area contributed by atoms with Crippen LogP contribution in [0.3, 0.4) is 0 Å². The van der Waals surface area contributed by atoms with Gasteiger partial charge >= 0.3 is 6.09 Å². The molecule has 2 rings (SSSR count). The molecule has 1 aliphatic rings. The molecule has 0 spiro atoms. The zero-order valence-electron chi connectivity index (χ0n) is 15.0. The summed E-state index contributed by atoms with van der Waals surface area (Å²) in [5.41, 5.74) is 7.63. The van der Waals surface area contributed by atoms with Crippen molar-refractivity contribution in [2.75, 3.05) is 24.2 Å². The highest BCUT2D eigenvalue weighted by molar-refractivity contribution is 5.95. The Bertz CT molecular complexity index is 622. The first-order valence-corrected chi connectivity index (χ1v) is 8.30. The van der Waals surface area contributed by atoms with Gasteiger partial charge in [-0.2, -0.15) is 0 Å². The van der Waals surface area contributed by atoms with Crippen LogP contribution in [-0.2, 0) is 16.1 Å². The van der Waals surface area contributed by atoms with E-state index in [-0.39, 0.29) is 5.91 Å². The lowest BCUT2D eigenvalue weighted by Crippen LogP contribution is -2.37. The van der Waals surface area contributed by atoms with E-state index in [1.807, 2.05) is 32.9 Å². The number of benzene rings is 1. The average Bonchev–Trinajstić information content (AvgIpc) is 2.47. The molecule has 0 aliphatic carbocycles. The summed E-state index contributed by atoms with van der Waals surface area (Å²) in [4.78, 5) is 27.7. The molecule has 0 unspecified atom stereocenters. The number of amides is 2. The van der Waals surface area contributed by atoms with Gasteiger partial charge in [0.05, 0.1) is 6.54 Å². The van der Waals surface area contributed by atoms with Crippen molar-refractivity contribution in [1.29, 1.82) is 0 Å². The number of carbonyl (C=O) groups is 2. The molecule has 0 saturated carbocycles. The Morgan fingerprint density at radius 3 is 2.67 bits per heavy atom. The van der Waals surface area contributed by atoms with Crippen LogP contribution in [0.4, 0.5) is 16.2 Å². The SMILES string of the molecule is CN(Cc1cc(N)ccc1N1CCCCC1=O)C(=O)OC(C)(C)C. The van der Waals surface area contributed by atoms with E-state index < -0.39 is 11.7 Å². The highest BCUT2D eigenvalue weighted by atomic mass is 16.6. The number of ether oxygens (including phenoxy) is 1. The normalized spacial score (nSPS) is 15.3. The number of nitrogens with two attached hydrogens (primary N) is 1. The lowest BCUT2D eigenvalue weighted by atomic mass is 10.1. The predicted octanol–water partition coefficient (Wildman–Crippen LogP) is 3.15. The molecule has 2 amide bonds. The molecule has 24 heavy (non-hydrogen) atoms. The summed E-state index contributed by atoms with van der Waals surface area (Å²) in [6.07, 6.45) is 2.07. The Hall–Kier alpha value is -2.24. The number of rotatable bonds is 3. The molecule has 0 aromatic heterocycles. The van der Waals surface area contributed by atoms with E-state index in [4.69, 9.17) is 10.5 Å². The minimum atomic E-state index is -0.549. The highest BCUT2D eigenvalue weighted by Crippen LogP contribution is 2.28. The summed E-state index contributed by atoms with van der Waals surface area (Å²) < 4.78 is 5.38. The smallest absolute Gasteiger partial charge is 0.410 e. The Labute approximate surface area is 143 Å². The molecular formula is C18H27N3O3. The molecule has 1 aromatic rings. The van der Waals surface area contributed by atoms with E-state index in [2.05, 4.69) is 0 Å². The number of hydrogen-bond acceptors (Lipinski definition) is 4. The summed E-state index contributed by atoms with van der Waals surface area (Å²) in [5.74, 6) is 0.118. The summed E-state index contributed by atoms with van der Waals surface area (Å²) >= 11 is 0. The standard InChI is InChI=1S/C18H27N3O3/c1-18(2,3)24-17(23)20(4)12-13-11-14(19)8-9-15(13)21-10-6-5-7-16(21)22/h8-9,11H,5-7,10,12,19H2,1-4H3. The van der Waals surface area contributed by atoms with E-state index in [0.29, 0.717) is 25.2 Å². The molecule has 132 valence electrons. The van der Waals surface area contributed by atoms with Crippen molar-refractivity contribution in [3.63, 3.8) is 0 Å². The van der Waals surface area contributed by atoms with Crippen molar-refractivity contribution in [1.82, 2.24) is 4.90 Å². The zero-order valence-corrected chi connectivity index (χ0v) is 15.0. The lowest BCUT2D eigenvalue weighted by molar-refractivity contribution is -0.119. The third-order valence-electron chi connectivity index (χ3n) is 3.83. The van der Waals surface area contributed by atoms with Crippen LogP contribution < -0.4 is 10.6 Å². The number of piperidine rings is 1. The van der Waals surface area contributed by atoms with Crippen molar-refractivity contribution in [2.24, 2.45) is 0 Å². The number of carbonyl (C=O) groups excluding carboxylic acids is 2. The maximum atomic E-state index is 12.2. The molecule has 0 atom stereocenters. The van der Waals surface area contributed by atoms with Gasteiger partial charge in [0.15, 0.2) is 0 Å². The van der Waals surface area contributed by atoms with Gasteiger partial charge in [-0.05, 0) is 57.4 Å². The van der Waals surface area contributed by atoms with Crippen LogP contribution in [0.2, 0.25) is 0 Å². The molecule has 6 nitrogen and oxygen atoms in total. The molecular weight excluding hydrogens is 306 g/mol. The number of hydrogen-bond donors (Lipinski definition) is 1. The van der Waals surface area contributed by atoms with Gasteiger partial charge in [0, 0.05) is 31.4 Å². The van der Waals surface area contributed by atoms with Gasteiger partial charge in [-0.15, -0.1) is 0 Å². The molecule has 0 radical (unpaired) electrons. The maximum Gasteiger partial charge on any atom is 0.410 e. The zero-order chi connectivity index (χ0) is 17.9. The maximum absolute atomic E-state index is 12.2. The topological polar surface area (TPSA) is 75.9 Å². The third kappa shape index (κ3) is 4.63. The largest absolute Gasteiger partial charge is 0.444 e. The minimum absolute atomic E-state index is 0.118. The van der Waals surface area contributed by atoms with Crippen LogP contribution in [0.15, 0.2) is 18.2 Å². The predicted molar refractivity (Wildman–Crippen MR) is 94.8 cm³/mol. The van der Waals surface area contributed by atoms with Crippen molar-refractivity contribution in [3.05, 3.63) is 23.8 Å². The first-order valence-electron chi connectivity index (χ1n) is 8.30. The third-order valence-corrected chi connectivity index (χ3v) is 3.83. The Morgan fingerprint density at radius 2 is 2.04 bits per heavy atom. The number of nitrogen functional groups attached to an aromatic ring is 1. The van der Waals surface area contributed by atoms with Crippen molar-refractivity contribution in [3.8, 4) is 0 Å². The van der Waals surface area contributed by atoms with Gasteiger partial charge in [-0.1, -0.05) is 0 Å². The molecule has 1 saturated heterocycles. The number of nitrogens with zero attached hydrogens (tertiary/aromatic N) is 2. The second kappa shape index (κ2) is 7.11. The van der Waals surface area contributed by atoms with Gasteiger partial charge in [-0.3, -0.25) is 4.79 Å². The van der Waals surface area contributed by atoms with Crippen LogP contribution in [0, 0.1) is 0 Å². The molecule has 1 aromatic carbocycles. The van der Waals surface area contributed by atoms with E-state index >= 15 is 0 Å². The Kier molecular flexibility index (Phi) is 5.36. The summed E-state index contributed by atoms with van der Waals surface area (Å²) in [6, 6.07) is 5.46. The van der Waals surface area contributed by atoms with Crippen molar-refractivity contribution < 1.29 is 14.3 Å². The summed E-state index contributed by atoms with van der Waals surface area (Å²) in [5, 5.41) is 0. The van der Waals surface area contributed by atoms with Crippen LogP contribution in [0.5, 0.6) is 0 Å². The monoisotopic (exact) mass is 333 g/mol. The van der Waals surface area contributed by atoms with Crippen LogP contribution >= 0.6 is 0 Å².